The van der Waals surface area contributed by atoms with Crippen molar-refractivity contribution < 1.29 is 19.5 Å². The van der Waals surface area contributed by atoms with Gasteiger partial charge in [0.1, 0.15) is 0 Å². The number of amides is 2. The molecule has 0 saturated heterocycles. The van der Waals surface area contributed by atoms with Crippen LogP contribution in [0.4, 0.5) is 11.4 Å². The van der Waals surface area contributed by atoms with E-state index in [-0.39, 0.29) is 30.6 Å². The van der Waals surface area contributed by atoms with Gasteiger partial charge in [-0.3, -0.25) is 14.4 Å². The van der Waals surface area contributed by atoms with Crippen molar-refractivity contribution in [2.75, 3.05) is 10.6 Å². The third-order valence-electron chi connectivity index (χ3n) is 3.77. The summed E-state index contributed by atoms with van der Waals surface area (Å²) in [5.74, 6) is -0.840. The second-order valence-electron chi connectivity index (χ2n) is 5.94. The van der Waals surface area contributed by atoms with Crippen LogP contribution in [-0.4, -0.2) is 22.9 Å². The number of aliphatic carboxylic acids is 1. The average Bonchev–Trinajstić information content (AvgIpc) is 3.31. The smallest absolute Gasteiger partial charge is 0.303 e. The quantitative estimate of drug-likeness (QED) is 0.642. The van der Waals surface area contributed by atoms with Crippen LogP contribution in [0.25, 0.3) is 0 Å². The minimum absolute atomic E-state index is 0.0276. The number of anilines is 2. The highest BCUT2D eigenvalue weighted by molar-refractivity contribution is 5.96. The molecule has 1 aliphatic carbocycles. The fourth-order valence-corrected chi connectivity index (χ4v) is 2.20. The van der Waals surface area contributed by atoms with Gasteiger partial charge in [0.2, 0.25) is 11.8 Å². The van der Waals surface area contributed by atoms with E-state index in [0.29, 0.717) is 24.2 Å². The molecule has 0 aromatic heterocycles. The SMILES string of the molecule is Cc1ccc(NC(=O)C2CC2)cc1NC(=O)CCCCC(=O)O. The van der Waals surface area contributed by atoms with E-state index in [1.165, 1.54) is 0 Å². The first-order valence-electron chi connectivity index (χ1n) is 7.89. The molecular formula is C17H22N2O4. The summed E-state index contributed by atoms with van der Waals surface area (Å²) in [6.45, 7) is 1.88. The highest BCUT2D eigenvalue weighted by Gasteiger charge is 2.29. The lowest BCUT2D eigenvalue weighted by molar-refractivity contribution is -0.137. The van der Waals surface area contributed by atoms with Gasteiger partial charge < -0.3 is 15.7 Å². The number of hydrogen-bond acceptors (Lipinski definition) is 3. The molecule has 6 nitrogen and oxygen atoms in total. The third-order valence-corrected chi connectivity index (χ3v) is 3.77. The van der Waals surface area contributed by atoms with Gasteiger partial charge in [-0.1, -0.05) is 6.07 Å². The van der Waals surface area contributed by atoms with Gasteiger partial charge in [0.25, 0.3) is 0 Å². The largest absolute Gasteiger partial charge is 0.481 e. The lowest BCUT2D eigenvalue weighted by Gasteiger charge is -2.11. The van der Waals surface area contributed by atoms with Crippen molar-refractivity contribution >= 4 is 29.2 Å². The molecule has 1 aromatic carbocycles. The molecule has 0 heterocycles. The molecule has 23 heavy (non-hydrogen) atoms. The molecule has 0 aliphatic heterocycles. The number of unbranched alkanes of at least 4 members (excludes halogenated alkanes) is 1. The Balaban J connectivity index is 1.86. The predicted molar refractivity (Wildman–Crippen MR) is 87.3 cm³/mol. The maximum absolute atomic E-state index is 11.9. The number of rotatable bonds is 8. The van der Waals surface area contributed by atoms with Crippen LogP contribution in [0, 0.1) is 12.8 Å². The zero-order valence-corrected chi connectivity index (χ0v) is 13.2. The highest BCUT2D eigenvalue weighted by atomic mass is 16.4. The number of benzene rings is 1. The fourth-order valence-electron chi connectivity index (χ4n) is 2.20. The Morgan fingerprint density at radius 2 is 1.83 bits per heavy atom. The topological polar surface area (TPSA) is 95.5 Å². The summed E-state index contributed by atoms with van der Waals surface area (Å²) in [7, 11) is 0. The summed E-state index contributed by atoms with van der Waals surface area (Å²) in [5.41, 5.74) is 2.25. The maximum Gasteiger partial charge on any atom is 0.303 e. The van der Waals surface area contributed by atoms with Gasteiger partial charge >= 0.3 is 5.97 Å². The summed E-state index contributed by atoms with van der Waals surface area (Å²) < 4.78 is 0. The Bertz CT molecular complexity index is 609. The van der Waals surface area contributed by atoms with Gasteiger partial charge in [-0.2, -0.15) is 0 Å². The standard InChI is InChI=1S/C17H22N2O4/c1-11-6-9-13(18-17(23)12-7-8-12)10-14(11)19-15(20)4-2-3-5-16(21)22/h6,9-10,12H,2-5,7-8H2,1H3,(H,18,23)(H,19,20)(H,21,22). The molecular weight excluding hydrogens is 296 g/mol. The zero-order chi connectivity index (χ0) is 16.8. The molecule has 1 fully saturated rings. The van der Waals surface area contributed by atoms with Gasteiger partial charge in [-0.05, 0) is 50.3 Å². The van der Waals surface area contributed by atoms with Crippen molar-refractivity contribution in [3.63, 3.8) is 0 Å². The number of carbonyl (C=O) groups excluding carboxylic acids is 2. The first-order chi connectivity index (χ1) is 11.0. The van der Waals surface area contributed by atoms with Crippen LogP contribution < -0.4 is 10.6 Å². The Morgan fingerprint density at radius 1 is 1.13 bits per heavy atom. The van der Waals surface area contributed by atoms with E-state index in [4.69, 9.17) is 5.11 Å². The van der Waals surface area contributed by atoms with E-state index in [1.807, 2.05) is 19.1 Å². The monoisotopic (exact) mass is 318 g/mol. The second-order valence-corrected chi connectivity index (χ2v) is 5.94. The molecule has 2 amide bonds. The van der Waals surface area contributed by atoms with Crippen LogP contribution in [0.3, 0.4) is 0 Å². The summed E-state index contributed by atoms with van der Waals surface area (Å²) in [4.78, 5) is 34.1. The Morgan fingerprint density at radius 3 is 2.48 bits per heavy atom. The average molecular weight is 318 g/mol. The molecule has 0 unspecified atom stereocenters. The molecule has 1 aliphatic rings. The normalized spacial score (nSPS) is 13.4. The van der Waals surface area contributed by atoms with Gasteiger partial charge in [-0.25, -0.2) is 0 Å². The van der Waals surface area contributed by atoms with E-state index in [2.05, 4.69) is 10.6 Å². The van der Waals surface area contributed by atoms with Crippen LogP contribution in [0.5, 0.6) is 0 Å². The molecule has 0 spiro atoms. The number of nitrogens with one attached hydrogen (secondary N) is 2. The van der Waals surface area contributed by atoms with E-state index in [0.717, 1.165) is 18.4 Å². The third kappa shape index (κ3) is 5.73. The summed E-state index contributed by atoms with van der Waals surface area (Å²) in [6.07, 6.45) is 3.27. The number of carboxylic acid groups (broad SMARTS) is 1. The molecule has 0 atom stereocenters. The zero-order valence-electron chi connectivity index (χ0n) is 13.2. The molecule has 1 aromatic rings. The lowest BCUT2D eigenvalue weighted by Crippen LogP contribution is -2.15. The molecule has 3 N–H and O–H groups in total. The van der Waals surface area contributed by atoms with Crippen LogP contribution in [0.2, 0.25) is 0 Å². The molecule has 6 heteroatoms. The number of hydrogen-bond donors (Lipinski definition) is 3. The van der Waals surface area contributed by atoms with Gasteiger partial charge in [-0.15, -0.1) is 0 Å². The van der Waals surface area contributed by atoms with Crippen molar-refractivity contribution in [3.8, 4) is 0 Å². The Hall–Kier alpha value is -2.37. The van der Waals surface area contributed by atoms with E-state index in [9.17, 15) is 14.4 Å². The number of carbonyl (C=O) groups is 3. The molecule has 1 saturated carbocycles. The van der Waals surface area contributed by atoms with Gasteiger partial charge in [0.05, 0.1) is 0 Å². The summed E-state index contributed by atoms with van der Waals surface area (Å²) in [6, 6.07) is 5.42. The van der Waals surface area contributed by atoms with Crippen molar-refractivity contribution in [2.24, 2.45) is 5.92 Å². The first kappa shape index (κ1) is 17.0. The van der Waals surface area contributed by atoms with Crippen molar-refractivity contribution in [1.29, 1.82) is 0 Å². The van der Waals surface area contributed by atoms with Crippen molar-refractivity contribution in [3.05, 3.63) is 23.8 Å². The van der Waals surface area contributed by atoms with Crippen LogP contribution in [0.1, 0.15) is 44.1 Å². The molecule has 0 radical (unpaired) electrons. The van der Waals surface area contributed by atoms with Crippen molar-refractivity contribution in [2.45, 2.75) is 45.4 Å². The second kappa shape index (κ2) is 7.76. The van der Waals surface area contributed by atoms with E-state index >= 15 is 0 Å². The maximum atomic E-state index is 11.9. The van der Waals surface area contributed by atoms with Gasteiger partial charge in [0.15, 0.2) is 0 Å². The minimum Gasteiger partial charge on any atom is -0.481 e. The summed E-state index contributed by atoms with van der Waals surface area (Å²) >= 11 is 0. The first-order valence-corrected chi connectivity index (χ1v) is 7.89. The van der Waals surface area contributed by atoms with Crippen LogP contribution >= 0.6 is 0 Å². The fraction of sp³-hybridized carbons (Fsp3) is 0.471. The Kier molecular flexibility index (Phi) is 5.73. The molecule has 0 bridgehead atoms. The number of aryl methyl sites for hydroxylation is 1. The van der Waals surface area contributed by atoms with Crippen molar-refractivity contribution in [1.82, 2.24) is 0 Å². The van der Waals surface area contributed by atoms with Crippen LogP contribution in [-0.2, 0) is 14.4 Å². The highest BCUT2D eigenvalue weighted by Crippen LogP contribution is 2.30. The van der Waals surface area contributed by atoms with E-state index in [1.54, 1.807) is 6.07 Å². The molecule has 2 rings (SSSR count). The minimum atomic E-state index is -0.847. The predicted octanol–water partition coefficient (Wildman–Crippen LogP) is 2.93. The Labute approximate surface area is 135 Å². The van der Waals surface area contributed by atoms with Gasteiger partial charge in [0, 0.05) is 30.1 Å². The summed E-state index contributed by atoms with van der Waals surface area (Å²) in [5, 5.41) is 14.2. The molecule has 124 valence electrons. The number of carboxylic acids is 1. The van der Waals surface area contributed by atoms with Crippen LogP contribution in [0.15, 0.2) is 18.2 Å². The lowest BCUT2D eigenvalue weighted by atomic mass is 10.1. The van der Waals surface area contributed by atoms with E-state index < -0.39 is 5.97 Å².